The van der Waals surface area contributed by atoms with Gasteiger partial charge in [-0.25, -0.2) is 9.36 Å². The third-order valence-electron chi connectivity index (χ3n) is 1.62. The molecule has 0 spiro atoms. The molecular weight excluding hydrogens is 251 g/mol. The predicted octanol–water partition coefficient (Wildman–Crippen LogP) is 0.570. The maximum absolute atomic E-state index is 10.8. The summed E-state index contributed by atoms with van der Waals surface area (Å²) in [4.78, 5) is 32.4. The van der Waals surface area contributed by atoms with Crippen molar-refractivity contribution in [3.05, 3.63) is 40.8 Å². The van der Waals surface area contributed by atoms with Gasteiger partial charge in [-0.2, -0.15) is 0 Å². The molecule has 0 amide bonds. The van der Waals surface area contributed by atoms with Crippen LogP contribution in [0.5, 0.6) is 5.75 Å². The normalized spacial score (nSPS) is 10.8. The highest BCUT2D eigenvalue weighted by Crippen LogP contribution is 2.25. The van der Waals surface area contributed by atoms with E-state index in [0.717, 1.165) is 5.39 Å². The number of phosphoric acid groups is 1. The number of para-hydroxylation sites is 1. The van der Waals surface area contributed by atoms with Crippen molar-refractivity contribution in [3.63, 3.8) is 0 Å². The lowest BCUT2D eigenvalue weighted by Gasteiger charge is -1.94. The maximum Gasteiger partial charge on any atom is 0.466 e. The van der Waals surface area contributed by atoms with Crippen molar-refractivity contribution < 1.29 is 28.8 Å². The Morgan fingerprint density at radius 1 is 1.12 bits per heavy atom. The summed E-state index contributed by atoms with van der Waals surface area (Å²) >= 11 is 0. The van der Waals surface area contributed by atoms with E-state index in [1.54, 1.807) is 18.2 Å². The molecule has 0 aliphatic rings. The van der Waals surface area contributed by atoms with E-state index in [1.165, 1.54) is 6.07 Å². The van der Waals surface area contributed by atoms with Gasteiger partial charge in [-0.15, -0.1) is 0 Å². The van der Waals surface area contributed by atoms with Crippen LogP contribution in [-0.4, -0.2) is 19.8 Å². The maximum atomic E-state index is 10.8. The minimum Gasteiger partial charge on any atom is -0.502 e. The third-order valence-corrected chi connectivity index (χ3v) is 1.62. The molecule has 1 aromatic heterocycles. The van der Waals surface area contributed by atoms with Crippen molar-refractivity contribution in [2.45, 2.75) is 0 Å². The molecule has 1 aromatic carbocycles. The highest BCUT2D eigenvalue weighted by atomic mass is 31.2. The summed E-state index contributed by atoms with van der Waals surface area (Å²) < 4.78 is 13.7. The number of rotatable bonds is 0. The second-order valence-electron chi connectivity index (χ2n) is 2.97. The molecule has 92 valence electrons. The van der Waals surface area contributed by atoms with E-state index in [9.17, 15) is 4.79 Å². The molecule has 0 aliphatic heterocycles. The van der Waals surface area contributed by atoms with Gasteiger partial charge in [0.05, 0.1) is 0 Å². The topological polar surface area (TPSA) is 128 Å². The van der Waals surface area contributed by atoms with Crippen molar-refractivity contribution in [2.75, 3.05) is 0 Å². The molecular formula is C9H9O7P. The minimum atomic E-state index is -4.64. The zero-order chi connectivity index (χ0) is 13.1. The Morgan fingerprint density at radius 2 is 1.65 bits per heavy atom. The Kier molecular flexibility index (Phi) is 4.03. The van der Waals surface area contributed by atoms with E-state index in [4.69, 9.17) is 28.8 Å². The predicted molar refractivity (Wildman–Crippen MR) is 58.4 cm³/mol. The van der Waals surface area contributed by atoms with E-state index >= 15 is 0 Å². The van der Waals surface area contributed by atoms with Crippen LogP contribution in [0.1, 0.15) is 0 Å². The van der Waals surface area contributed by atoms with Gasteiger partial charge in [-0.3, -0.25) is 0 Å². The first-order valence-electron chi connectivity index (χ1n) is 4.27. The molecule has 0 fully saturated rings. The van der Waals surface area contributed by atoms with Crippen LogP contribution in [-0.2, 0) is 4.57 Å². The van der Waals surface area contributed by atoms with Gasteiger partial charge in [-0.1, -0.05) is 18.2 Å². The van der Waals surface area contributed by atoms with Crippen LogP contribution < -0.4 is 5.63 Å². The van der Waals surface area contributed by atoms with Crippen LogP contribution in [0.15, 0.2) is 39.5 Å². The quantitative estimate of drug-likeness (QED) is 0.402. The van der Waals surface area contributed by atoms with Gasteiger partial charge in [0.1, 0.15) is 5.58 Å². The van der Waals surface area contributed by atoms with Gasteiger partial charge < -0.3 is 24.2 Å². The van der Waals surface area contributed by atoms with Crippen molar-refractivity contribution in [3.8, 4) is 5.75 Å². The highest BCUT2D eigenvalue weighted by molar-refractivity contribution is 7.45. The van der Waals surface area contributed by atoms with Crippen molar-refractivity contribution in [1.29, 1.82) is 0 Å². The zero-order valence-corrected chi connectivity index (χ0v) is 9.24. The molecule has 0 saturated heterocycles. The smallest absolute Gasteiger partial charge is 0.466 e. The lowest BCUT2D eigenvalue weighted by Crippen LogP contribution is -1.96. The lowest BCUT2D eigenvalue weighted by atomic mass is 10.2. The van der Waals surface area contributed by atoms with Crippen LogP contribution >= 0.6 is 7.82 Å². The van der Waals surface area contributed by atoms with Gasteiger partial charge in [0.25, 0.3) is 0 Å². The zero-order valence-electron chi connectivity index (χ0n) is 8.35. The monoisotopic (exact) mass is 260 g/mol. The van der Waals surface area contributed by atoms with Crippen molar-refractivity contribution in [1.82, 2.24) is 0 Å². The van der Waals surface area contributed by atoms with Gasteiger partial charge in [0.15, 0.2) is 0 Å². The summed E-state index contributed by atoms with van der Waals surface area (Å²) in [5, 5.41) is 9.73. The minimum absolute atomic E-state index is 0.353. The summed E-state index contributed by atoms with van der Waals surface area (Å²) in [6.45, 7) is 0. The van der Waals surface area contributed by atoms with Crippen molar-refractivity contribution >= 4 is 18.8 Å². The Hall–Kier alpha value is -1.66. The Labute approximate surface area is 94.8 Å². The average molecular weight is 260 g/mol. The summed E-state index contributed by atoms with van der Waals surface area (Å²) in [6.07, 6.45) is 0. The first-order valence-corrected chi connectivity index (χ1v) is 5.84. The highest BCUT2D eigenvalue weighted by Gasteiger charge is 2.01. The SMILES string of the molecule is O=P(O)(O)O.O=c1oc2ccccc2cc1O. The van der Waals surface area contributed by atoms with Crippen LogP contribution in [0.25, 0.3) is 11.0 Å². The number of hydrogen-bond acceptors (Lipinski definition) is 4. The van der Waals surface area contributed by atoms with E-state index < -0.39 is 13.4 Å². The number of benzene rings is 1. The molecule has 7 nitrogen and oxygen atoms in total. The van der Waals surface area contributed by atoms with Gasteiger partial charge in [0, 0.05) is 5.39 Å². The molecule has 17 heavy (non-hydrogen) atoms. The van der Waals surface area contributed by atoms with Gasteiger partial charge in [0.2, 0.25) is 5.75 Å². The summed E-state index contributed by atoms with van der Waals surface area (Å²) in [6, 6.07) is 8.40. The van der Waals surface area contributed by atoms with Crippen LogP contribution in [0.2, 0.25) is 0 Å². The van der Waals surface area contributed by atoms with E-state index in [2.05, 4.69) is 0 Å². The Bertz CT molecular complexity index is 604. The summed E-state index contributed by atoms with van der Waals surface area (Å²) in [5.41, 5.74) is -0.214. The molecule has 0 aliphatic carbocycles. The van der Waals surface area contributed by atoms with Crippen molar-refractivity contribution in [2.24, 2.45) is 0 Å². The molecule has 0 unspecified atom stereocenters. The molecule has 8 heteroatoms. The fraction of sp³-hybridized carbons (Fsp3) is 0. The lowest BCUT2D eigenvalue weighted by molar-refractivity contribution is 0.275. The first-order chi connectivity index (χ1) is 7.77. The molecule has 0 saturated carbocycles. The van der Waals surface area contributed by atoms with Gasteiger partial charge >= 0.3 is 13.4 Å². The fourth-order valence-electron chi connectivity index (χ4n) is 1.05. The standard InChI is InChI=1S/C9H6O3.H3O4P/c10-7-5-6-3-1-2-4-8(6)12-9(7)11;1-5(2,3)4/h1-5,10H;(H3,1,2,3,4). The molecule has 0 atom stereocenters. The molecule has 2 rings (SSSR count). The van der Waals surface area contributed by atoms with E-state index in [1.807, 2.05) is 6.07 Å². The Balaban J connectivity index is 0.000000249. The molecule has 2 aromatic rings. The average Bonchev–Trinajstić information content (AvgIpc) is 2.17. The molecule has 4 N–H and O–H groups in total. The molecule has 1 heterocycles. The second-order valence-corrected chi connectivity index (χ2v) is 4.00. The van der Waals surface area contributed by atoms with Crippen LogP contribution in [0.3, 0.4) is 0 Å². The molecule has 0 radical (unpaired) electrons. The summed E-state index contributed by atoms with van der Waals surface area (Å²) in [7, 11) is -4.64. The largest absolute Gasteiger partial charge is 0.502 e. The number of aromatic hydroxyl groups is 1. The van der Waals surface area contributed by atoms with E-state index in [-0.39, 0.29) is 5.75 Å². The van der Waals surface area contributed by atoms with Crippen LogP contribution in [0, 0.1) is 0 Å². The number of hydrogen-bond donors (Lipinski definition) is 4. The van der Waals surface area contributed by atoms with Gasteiger partial charge in [-0.05, 0) is 12.1 Å². The van der Waals surface area contributed by atoms with E-state index in [0.29, 0.717) is 5.58 Å². The number of fused-ring (bicyclic) bond motifs is 1. The fourth-order valence-corrected chi connectivity index (χ4v) is 1.05. The third kappa shape index (κ3) is 4.80. The van der Waals surface area contributed by atoms with Crippen LogP contribution in [0.4, 0.5) is 0 Å². The first kappa shape index (κ1) is 13.4. The Morgan fingerprint density at radius 3 is 2.24 bits per heavy atom. The summed E-state index contributed by atoms with van der Waals surface area (Å²) in [5.74, 6) is -0.353. The molecule has 0 bridgehead atoms. The second kappa shape index (κ2) is 5.11.